The van der Waals surface area contributed by atoms with Crippen molar-refractivity contribution in [3.05, 3.63) is 11.4 Å². The molecular formula is C3H2F3N. The maximum atomic E-state index is 10.8. The first-order chi connectivity index (χ1) is 3.06. The van der Waals surface area contributed by atoms with E-state index in [0.29, 0.717) is 0 Å². The van der Waals surface area contributed by atoms with Gasteiger partial charge in [0.25, 0.3) is 0 Å². The Labute approximate surface area is 38.6 Å². The van der Waals surface area contributed by atoms with E-state index in [4.69, 9.17) is 6.57 Å². The van der Waals surface area contributed by atoms with Crippen LogP contribution in [0.25, 0.3) is 4.85 Å². The number of hydrogen-bond donors (Lipinski definition) is 0. The van der Waals surface area contributed by atoms with Crippen LogP contribution in [0.15, 0.2) is 0 Å². The van der Waals surface area contributed by atoms with Gasteiger partial charge in [0.1, 0.15) is 0 Å². The van der Waals surface area contributed by atoms with Gasteiger partial charge in [-0.15, -0.1) is 0 Å². The molecule has 0 aromatic rings. The highest BCUT2D eigenvalue weighted by Gasteiger charge is 2.31. The largest absolute Gasteiger partial charge is 0.462 e. The predicted octanol–water partition coefficient (Wildman–Crippen LogP) is 1.47. The zero-order valence-corrected chi connectivity index (χ0v) is 3.29. The Morgan fingerprint density at radius 2 is 1.86 bits per heavy atom. The third-order valence-corrected chi connectivity index (χ3v) is 0.258. The van der Waals surface area contributed by atoms with E-state index in [1.165, 1.54) is 0 Å². The Morgan fingerprint density at radius 3 is 1.86 bits per heavy atom. The van der Waals surface area contributed by atoms with Crippen LogP contribution in [0.4, 0.5) is 13.2 Å². The quantitative estimate of drug-likeness (QED) is 0.415. The van der Waals surface area contributed by atoms with Crippen LogP contribution in [0.2, 0.25) is 0 Å². The van der Waals surface area contributed by atoms with Gasteiger partial charge in [-0.05, 0) is 0 Å². The van der Waals surface area contributed by atoms with Crippen molar-refractivity contribution in [1.82, 2.24) is 0 Å². The zero-order valence-electron chi connectivity index (χ0n) is 3.29. The van der Waals surface area contributed by atoms with Crippen molar-refractivity contribution < 1.29 is 13.2 Å². The average molecular weight is 109 g/mol. The van der Waals surface area contributed by atoms with Crippen molar-refractivity contribution in [3.8, 4) is 0 Å². The van der Waals surface area contributed by atoms with Gasteiger partial charge in [0.2, 0.25) is 0 Å². The summed E-state index contributed by atoms with van der Waals surface area (Å²) in [5.74, 6) is 0. The highest BCUT2D eigenvalue weighted by Crippen LogP contribution is 2.13. The summed E-state index contributed by atoms with van der Waals surface area (Å²) < 4.78 is 32.5. The van der Waals surface area contributed by atoms with Crippen molar-refractivity contribution >= 4 is 0 Å². The summed E-state index contributed by atoms with van der Waals surface area (Å²) >= 11 is 0. The molecule has 0 heterocycles. The molecule has 1 nitrogen and oxygen atoms in total. The molecule has 0 amide bonds. The van der Waals surface area contributed by atoms with Gasteiger partial charge in [-0.2, -0.15) is 13.2 Å². The smallest absolute Gasteiger partial charge is 0.307 e. The van der Waals surface area contributed by atoms with Crippen molar-refractivity contribution in [1.29, 1.82) is 0 Å². The van der Waals surface area contributed by atoms with Crippen LogP contribution in [0.3, 0.4) is 0 Å². The SMILES string of the molecule is [C-]#[N+]CC(F)(F)F. The average Bonchev–Trinajstić information content (AvgIpc) is 1.30. The van der Waals surface area contributed by atoms with Crippen molar-refractivity contribution in [2.45, 2.75) is 6.18 Å². The molecule has 0 radical (unpaired) electrons. The van der Waals surface area contributed by atoms with Crippen LogP contribution < -0.4 is 0 Å². The third-order valence-electron chi connectivity index (χ3n) is 0.258. The first-order valence-corrected chi connectivity index (χ1v) is 1.46. The molecule has 40 valence electrons. The molecule has 0 atom stereocenters. The molecule has 7 heavy (non-hydrogen) atoms. The van der Waals surface area contributed by atoms with Crippen LogP contribution in [0.1, 0.15) is 0 Å². The van der Waals surface area contributed by atoms with E-state index in [-0.39, 0.29) is 0 Å². The van der Waals surface area contributed by atoms with E-state index >= 15 is 0 Å². The van der Waals surface area contributed by atoms with E-state index in [2.05, 4.69) is 4.85 Å². The topological polar surface area (TPSA) is 4.36 Å². The number of hydrogen-bond acceptors (Lipinski definition) is 0. The van der Waals surface area contributed by atoms with Gasteiger partial charge in [-0.1, -0.05) is 0 Å². The van der Waals surface area contributed by atoms with Crippen LogP contribution in [0.5, 0.6) is 0 Å². The monoisotopic (exact) mass is 109 g/mol. The maximum absolute atomic E-state index is 10.8. The summed E-state index contributed by atoms with van der Waals surface area (Å²) in [6.07, 6.45) is -4.30. The van der Waals surface area contributed by atoms with Crippen LogP contribution in [-0.4, -0.2) is 12.7 Å². The summed E-state index contributed by atoms with van der Waals surface area (Å²) in [5.41, 5.74) is 0. The number of nitrogens with zero attached hydrogens (tertiary/aromatic N) is 1. The molecule has 0 fully saturated rings. The van der Waals surface area contributed by atoms with Gasteiger partial charge in [-0.25, -0.2) is 6.57 Å². The Morgan fingerprint density at radius 1 is 1.43 bits per heavy atom. The highest BCUT2D eigenvalue weighted by atomic mass is 19.4. The lowest BCUT2D eigenvalue weighted by Gasteiger charge is -1.91. The Balaban J connectivity index is 3.40. The summed E-state index contributed by atoms with van der Waals surface area (Å²) in [6.45, 7) is 4.40. The molecular weight excluding hydrogens is 107 g/mol. The Hall–Kier alpha value is -0.720. The lowest BCUT2D eigenvalue weighted by molar-refractivity contribution is -0.112. The van der Waals surface area contributed by atoms with Gasteiger partial charge >= 0.3 is 12.7 Å². The lowest BCUT2D eigenvalue weighted by atomic mass is 10.7. The normalized spacial score (nSPS) is 10.6. The molecule has 0 rings (SSSR count). The fraction of sp³-hybridized carbons (Fsp3) is 0.667. The van der Waals surface area contributed by atoms with Gasteiger partial charge in [0.15, 0.2) is 0 Å². The molecule has 0 spiro atoms. The van der Waals surface area contributed by atoms with Gasteiger partial charge in [0.05, 0.1) is 0 Å². The Kier molecular flexibility index (Phi) is 1.64. The zero-order chi connectivity index (χ0) is 5.91. The molecule has 4 heteroatoms. The molecule has 0 aliphatic carbocycles. The van der Waals surface area contributed by atoms with Crippen LogP contribution in [-0.2, 0) is 0 Å². The summed E-state index contributed by atoms with van der Waals surface area (Å²) in [7, 11) is 0. The molecule has 0 aliphatic heterocycles. The minimum atomic E-state index is -4.30. The molecule has 0 aromatic heterocycles. The fourth-order valence-corrected chi connectivity index (χ4v) is 0.0896. The summed E-state index contributed by atoms with van der Waals surface area (Å²) in [6, 6.07) is 0. The van der Waals surface area contributed by atoms with Crippen molar-refractivity contribution in [2.75, 3.05) is 6.54 Å². The molecule has 0 unspecified atom stereocenters. The number of halogens is 3. The van der Waals surface area contributed by atoms with Crippen molar-refractivity contribution in [2.24, 2.45) is 0 Å². The first kappa shape index (κ1) is 6.28. The van der Waals surface area contributed by atoms with Gasteiger partial charge < -0.3 is 4.85 Å². The van der Waals surface area contributed by atoms with Gasteiger partial charge in [-0.3, -0.25) is 0 Å². The second-order valence-electron chi connectivity index (χ2n) is 0.931. The summed E-state index contributed by atoms with van der Waals surface area (Å²) in [5, 5.41) is 0. The van der Waals surface area contributed by atoms with E-state index < -0.39 is 12.7 Å². The Bertz CT molecular complexity index is 87.3. The first-order valence-electron chi connectivity index (χ1n) is 1.46. The standard InChI is InChI=1S/C3H2F3N/c1-7-2-3(4,5)6/h2H2. The predicted molar refractivity (Wildman–Crippen MR) is 17.5 cm³/mol. The second-order valence-corrected chi connectivity index (χ2v) is 0.931. The van der Waals surface area contributed by atoms with Gasteiger partial charge in [0, 0.05) is 0 Å². The molecule has 0 aromatic carbocycles. The minimum absolute atomic E-state index is 1.37. The van der Waals surface area contributed by atoms with Crippen LogP contribution in [0, 0.1) is 6.57 Å². The maximum Gasteiger partial charge on any atom is 0.462 e. The lowest BCUT2D eigenvalue weighted by Crippen LogP contribution is -2.09. The minimum Gasteiger partial charge on any atom is -0.307 e. The molecule has 0 saturated heterocycles. The fourth-order valence-electron chi connectivity index (χ4n) is 0.0896. The van der Waals surface area contributed by atoms with E-state index in [1.807, 2.05) is 0 Å². The highest BCUT2D eigenvalue weighted by molar-refractivity contribution is 4.65. The molecule has 0 N–H and O–H groups in total. The second kappa shape index (κ2) is 1.82. The van der Waals surface area contributed by atoms with E-state index in [1.54, 1.807) is 0 Å². The molecule has 0 saturated carbocycles. The molecule has 0 aliphatic rings. The van der Waals surface area contributed by atoms with E-state index in [0.717, 1.165) is 0 Å². The third kappa shape index (κ3) is 5.28. The van der Waals surface area contributed by atoms with Crippen molar-refractivity contribution in [3.63, 3.8) is 0 Å². The number of alkyl halides is 3. The molecule has 0 bridgehead atoms. The van der Waals surface area contributed by atoms with Crippen LogP contribution >= 0.6 is 0 Å². The summed E-state index contributed by atoms with van der Waals surface area (Å²) in [4.78, 5) is 2.13. The number of rotatable bonds is 0. The van der Waals surface area contributed by atoms with E-state index in [9.17, 15) is 13.2 Å².